The molecule has 0 aromatic carbocycles. The molecule has 0 saturated carbocycles. The van der Waals surface area contributed by atoms with Gasteiger partial charge in [0.2, 0.25) is 0 Å². The Morgan fingerprint density at radius 3 is 2.83 bits per heavy atom. The Hall–Kier alpha value is -2.58. The minimum atomic E-state index is -0.415. The third kappa shape index (κ3) is 2.59. The number of hydrogen-bond acceptors (Lipinski definition) is 6. The zero-order chi connectivity index (χ0) is 16.5. The first-order valence-corrected chi connectivity index (χ1v) is 8.95. The molecule has 0 bridgehead atoms. The molecule has 0 radical (unpaired) electrons. The highest BCUT2D eigenvalue weighted by molar-refractivity contribution is 7.13. The third-order valence-electron chi connectivity index (χ3n) is 3.68. The zero-order valence-electron chi connectivity index (χ0n) is 12.4. The van der Waals surface area contributed by atoms with Crippen molar-refractivity contribution in [3.05, 3.63) is 67.6 Å². The minimum absolute atomic E-state index is 0.301. The van der Waals surface area contributed by atoms with E-state index in [0.29, 0.717) is 34.6 Å². The molecule has 6 nitrogen and oxygen atoms in total. The molecule has 0 spiro atoms. The number of thiophene rings is 1. The minimum Gasteiger partial charge on any atom is -0.304 e. The first-order chi connectivity index (χ1) is 11.7. The van der Waals surface area contributed by atoms with E-state index in [9.17, 15) is 9.59 Å². The molecule has 0 aliphatic carbocycles. The Morgan fingerprint density at radius 1 is 1.17 bits per heavy atom. The van der Waals surface area contributed by atoms with Crippen LogP contribution in [0, 0.1) is 0 Å². The van der Waals surface area contributed by atoms with E-state index in [1.807, 2.05) is 23.6 Å². The molecule has 24 heavy (non-hydrogen) atoms. The molecule has 0 fully saturated rings. The molecule has 1 N–H and O–H groups in total. The standard InChI is InChI=1S/C16H12N4O2S2/c21-15-14-13(12(19-24-14)11-5-1-2-7-17-11)18-16(22)20(15)8-6-10-4-3-9-23-10/h1-5,7,9H,6,8H2,(H,18,22). The summed E-state index contributed by atoms with van der Waals surface area (Å²) < 4.78 is 6.00. The number of pyridine rings is 1. The number of hydrogen-bond donors (Lipinski definition) is 1. The smallest absolute Gasteiger partial charge is 0.304 e. The molecule has 4 aromatic rings. The Bertz CT molecular complexity index is 1090. The molecule has 0 amide bonds. The Balaban J connectivity index is 1.79. The summed E-state index contributed by atoms with van der Waals surface area (Å²) in [5, 5.41) is 1.98. The van der Waals surface area contributed by atoms with Crippen LogP contribution in [0.15, 0.2) is 51.5 Å². The van der Waals surface area contributed by atoms with Crippen LogP contribution in [0.4, 0.5) is 0 Å². The fourth-order valence-electron chi connectivity index (χ4n) is 2.50. The lowest BCUT2D eigenvalue weighted by Gasteiger charge is -2.04. The highest BCUT2D eigenvalue weighted by Crippen LogP contribution is 2.24. The molecule has 4 heterocycles. The number of nitrogens with zero attached hydrogens (tertiary/aromatic N) is 3. The first-order valence-electron chi connectivity index (χ1n) is 7.30. The quantitative estimate of drug-likeness (QED) is 0.609. The van der Waals surface area contributed by atoms with Gasteiger partial charge in [-0.25, -0.2) is 4.79 Å². The van der Waals surface area contributed by atoms with E-state index < -0.39 is 5.69 Å². The lowest BCUT2D eigenvalue weighted by Crippen LogP contribution is -2.35. The topological polar surface area (TPSA) is 80.6 Å². The first kappa shape index (κ1) is 15.0. The molecule has 0 aliphatic rings. The van der Waals surface area contributed by atoms with Crippen molar-refractivity contribution in [2.75, 3.05) is 0 Å². The molecule has 0 atom stereocenters. The van der Waals surface area contributed by atoms with Crippen LogP contribution in [0.5, 0.6) is 0 Å². The molecule has 0 aliphatic heterocycles. The number of aromatic nitrogens is 4. The maximum Gasteiger partial charge on any atom is 0.328 e. The van der Waals surface area contributed by atoms with Crippen molar-refractivity contribution >= 4 is 33.1 Å². The van der Waals surface area contributed by atoms with Crippen molar-refractivity contribution < 1.29 is 0 Å². The van der Waals surface area contributed by atoms with Gasteiger partial charge in [-0.3, -0.25) is 14.3 Å². The van der Waals surface area contributed by atoms with E-state index in [2.05, 4.69) is 14.3 Å². The third-order valence-corrected chi connectivity index (χ3v) is 5.45. The number of fused-ring (bicyclic) bond motifs is 1. The average Bonchev–Trinajstić information content (AvgIpc) is 3.25. The molecule has 8 heteroatoms. The summed E-state index contributed by atoms with van der Waals surface area (Å²) in [6, 6.07) is 9.40. The summed E-state index contributed by atoms with van der Waals surface area (Å²) in [5.74, 6) is 0. The summed E-state index contributed by atoms with van der Waals surface area (Å²) >= 11 is 2.70. The number of rotatable bonds is 4. The normalized spacial score (nSPS) is 11.2. The average molecular weight is 356 g/mol. The summed E-state index contributed by atoms with van der Waals surface area (Å²) in [5.41, 5.74) is 0.915. The van der Waals surface area contributed by atoms with Gasteiger partial charge < -0.3 is 4.98 Å². The number of H-pyrrole nitrogens is 1. The molecule has 4 rings (SSSR count). The van der Waals surface area contributed by atoms with Crippen LogP contribution < -0.4 is 11.2 Å². The zero-order valence-corrected chi connectivity index (χ0v) is 14.1. The summed E-state index contributed by atoms with van der Waals surface area (Å²) in [6.45, 7) is 0.349. The number of aryl methyl sites for hydroxylation is 1. The van der Waals surface area contributed by atoms with E-state index in [1.165, 1.54) is 4.57 Å². The van der Waals surface area contributed by atoms with Crippen molar-refractivity contribution in [3.63, 3.8) is 0 Å². The maximum atomic E-state index is 12.6. The fourth-order valence-corrected chi connectivity index (χ4v) is 3.99. The van der Waals surface area contributed by atoms with Gasteiger partial charge in [0.1, 0.15) is 10.4 Å². The summed E-state index contributed by atoms with van der Waals surface area (Å²) in [4.78, 5) is 33.2. The monoisotopic (exact) mass is 356 g/mol. The second-order valence-electron chi connectivity index (χ2n) is 5.17. The summed E-state index contributed by atoms with van der Waals surface area (Å²) in [7, 11) is 0. The summed E-state index contributed by atoms with van der Waals surface area (Å²) in [6.07, 6.45) is 2.30. The van der Waals surface area contributed by atoms with Gasteiger partial charge in [0.15, 0.2) is 0 Å². The van der Waals surface area contributed by atoms with Crippen LogP contribution in [-0.4, -0.2) is 18.9 Å². The van der Waals surface area contributed by atoms with Gasteiger partial charge in [0, 0.05) is 17.6 Å². The Kier molecular flexibility index (Phi) is 3.83. The highest BCUT2D eigenvalue weighted by atomic mass is 32.1. The van der Waals surface area contributed by atoms with Crippen LogP contribution in [0.2, 0.25) is 0 Å². The lowest BCUT2D eigenvalue weighted by atomic mass is 10.2. The second-order valence-corrected chi connectivity index (χ2v) is 6.97. The van der Waals surface area contributed by atoms with E-state index in [-0.39, 0.29) is 5.56 Å². The van der Waals surface area contributed by atoms with Crippen molar-refractivity contribution in [2.24, 2.45) is 0 Å². The molecular formula is C16H12N4O2S2. The van der Waals surface area contributed by atoms with E-state index in [1.54, 1.807) is 29.7 Å². The highest BCUT2D eigenvalue weighted by Gasteiger charge is 2.16. The molecule has 4 aromatic heterocycles. The van der Waals surface area contributed by atoms with E-state index in [4.69, 9.17) is 0 Å². The Labute approximate surface area is 144 Å². The van der Waals surface area contributed by atoms with Gasteiger partial charge >= 0.3 is 5.69 Å². The van der Waals surface area contributed by atoms with Crippen LogP contribution in [0.25, 0.3) is 21.6 Å². The van der Waals surface area contributed by atoms with Crippen molar-refractivity contribution in [2.45, 2.75) is 13.0 Å². The van der Waals surface area contributed by atoms with Gasteiger partial charge in [-0.15, -0.1) is 11.3 Å². The Morgan fingerprint density at radius 2 is 2.08 bits per heavy atom. The van der Waals surface area contributed by atoms with Crippen LogP contribution in [0.1, 0.15) is 4.88 Å². The van der Waals surface area contributed by atoms with E-state index in [0.717, 1.165) is 16.4 Å². The van der Waals surface area contributed by atoms with Crippen molar-refractivity contribution in [1.29, 1.82) is 0 Å². The van der Waals surface area contributed by atoms with Gasteiger partial charge in [0.05, 0.1) is 11.2 Å². The van der Waals surface area contributed by atoms with E-state index >= 15 is 0 Å². The molecule has 0 unspecified atom stereocenters. The van der Waals surface area contributed by atoms with Gasteiger partial charge in [0.25, 0.3) is 5.56 Å². The predicted octanol–water partition coefficient (Wildman–Crippen LogP) is 2.51. The number of nitrogens with one attached hydrogen (secondary N) is 1. The van der Waals surface area contributed by atoms with Crippen LogP contribution in [-0.2, 0) is 13.0 Å². The molecule has 0 saturated heterocycles. The molecular weight excluding hydrogens is 344 g/mol. The van der Waals surface area contributed by atoms with Crippen molar-refractivity contribution in [1.82, 2.24) is 18.9 Å². The lowest BCUT2D eigenvalue weighted by molar-refractivity contribution is 0.641. The van der Waals surface area contributed by atoms with Crippen LogP contribution in [0.3, 0.4) is 0 Å². The largest absolute Gasteiger partial charge is 0.328 e. The van der Waals surface area contributed by atoms with Crippen LogP contribution >= 0.6 is 22.9 Å². The SMILES string of the molecule is O=c1[nH]c2c(-c3ccccn3)nsc2c(=O)n1CCc1cccs1. The van der Waals surface area contributed by atoms with Gasteiger partial charge in [-0.2, -0.15) is 4.37 Å². The van der Waals surface area contributed by atoms with Gasteiger partial charge in [-0.1, -0.05) is 12.1 Å². The predicted molar refractivity (Wildman–Crippen MR) is 95.8 cm³/mol. The van der Waals surface area contributed by atoms with Crippen molar-refractivity contribution in [3.8, 4) is 11.4 Å². The maximum absolute atomic E-state index is 12.6. The van der Waals surface area contributed by atoms with Gasteiger partial charge in [-0.05, 0) is 41.5 Å². The molecule has 120 valence electrons. The second kappa shape index (κ2) is 6.14. The number of aromatic amines is 1. The fraction of sp³-hybridized carbons (Fsp3) is 0.125.